The van der Waals surface area contributed by atoms with Crippen molar-refractivity contribution in [3.05, 3.63) is 0 Å². The van der Waals surface area contributed by atoms with Gasteiger partial charge in [-0.25, -0.2) is 0 Å². The Kier molecular flexibility index (Phi) is 4.55. The van der Waals surface area contributed by atoms with Crippen molar-refractivity contribution in [3.63, 3.8) is 0 Å². The summed E-state index contributed by atoms with van der Waals surface area (Å²) in [6.07, 6.45) is 0.483. The van der Waals surface area contributed by atoms with Gasteiger partial charge < -0.3 is 21.3 Å². The molecule has 10 heavy (non-hydrogen) atoms. The highest BCUT2D eigenvalue weighted by atomic mass is 16.5. The van der Waals surface area contributed by atoms with Gasteiger partial charge in [0.2, 0.25) is 0 Å². The second kappa shape index (κ2) is 4.62. The minimum Gasteiger partial charge on any atom is -0.386 e. The molecule has 1 unspecified atom stereocenters. The third-order valence-electron chi connectivity index (χ3n) is 1.40. The molecule has 62 valence electrons. The first-order chi connectivity index (χ1) is 4.68. The van der Waals surface area contributed by atoms with Gasteiger partial charge in [0.25, 0.3) is 0 Å². The fraction of sp³-hybridized carbons (Fsp3) is 1.00. The number of ether oxygens (including phenoxy) is 1. The van der Waals surface area contributed by atoms with Gasteiger partial charge in [-0.3, -0.25) is 0 Å². The zero-order chi connectivity index (χ0) is 8.04. The summed E-state index contributed by atoms with van der Waals surface area (Å²) in [5.41, 5.74) is 9.62. The lowest BCUT2D eigenvalue weighted by atomic mass is 10.0. The van der Waals surface area contributed by atoms with Crippen LogP contribution < -0.4 is 11.5 Å². The number of methoxy groups -OCH3 is 1. The van der Waals surface area contributed by atoms with Crippen LogP contribution in [0.25, 0.3) is 0 Å². The molecule has 0 amide bonds. The maximum absolute atomic E-state index is 9.49. The van der Waals surface area contributed by atoms with E-state index in [1.165, 1.54) is 7.11 Å². The summed E-state index contributed by atoms with van der Waals surface area (Å²) in [5, 5.41) is 9.49. The fourth-order valence-electron chi connectivity index (χ4n) is 0.771. The molecule has 0 aliphatic heterocycles. The van der Waals surface area contributed by atoms with Gasteiger partial charge in [0.05, 0.1) is 6.61 Å². The lowest BCUT2D eigenvalue weighted by Crippen LogP contribution is -2.43. The van der Waals surface area contributed by atoms with Crippen LogP contribution in [0.4, 0.5) is 0 Å². The molecule has 5 N–H and O–H groups in total. The van der Waals surface area contributed by atoms with E-state index >= 15 is 0 Å². The fourth-order valence-corrected chi connectivity index (χ4v) is 0.771. The van der Waals surface area contributed by atoms with Crippen molar-refractivity contribution >= 4 is 0 Å². The van der Waals surface area contributed by atoms with Gasteiger partial charge >= 0.3 is 0 Å². The molecule has 0 aromatic carbocycles. The molecule has 0 rings (SSSR count). The molecular weight excluding hydrogens is 132 g/mol. The summed E-state index contributed by atoms with van der Waals surface area (Å²) in [6, 6.07) is 0. The van der Waals surface area contributed by atoms with Crippen molar-refractivity contribution in [3.8, 4) is 0 Å². The Morgan fingerprint density at radius 3 is 2.40 bits per heavy atom. The minimum atomic E-state index is -0.927. The van der Waals surface area contributed by atoms with Crippen LogP contribution in [-0.4, -0.2) is 37.5 Å². The molecule has 0 radical (unpaired) electrons. The van der Waals surface area contributed by atoms with Crippen LogP contribution in [0.2, 0.25) is 0 Å². The van der Waals surface area contributed by atoms with Gasteiger partial charge in [0.1, 0.15) is 5.60 Å². The molecule has 1 atom stereocenters. The lowest BCUT2D eigenvalue weighted by molar-refractivity contribution is -0.0281. The predicted octanol–water partition coefficient (Wildman–Crippen LogP) is -1.33. The average Bonchev–Trinajstić information content (AvgIpc) is 1.89. The Morgan fingerprint density at radius 2 is 2.10 bits per heavy atom. The van der Waals surface area contributed by atoms with E-state index in [9.17, 15) is 5.11 Å². The molecule has 0 aliphatic carbocycles. The average molecular weight is 148 g/mol. The van der Waals surface area contributed by atoms with Gasteiger partial charge in [0, 0.05) is 13.7 Å². The van der Waals surface area contributed by atoms with Gasteiger partial charge in [-0.05, 0) is 13.0 Å². The second-order valence-electron chi connectivity index (χ2n) is 2.40. The standard InChI is InChI=1S/C6H16N2O2/c1-10-5-6(9,4-8)2-3-7/h9H,2-5,7-8H2,1H3. The highest BCUT2D eigenvalue weighted by molar-refractivity contribution is 4.78. The maximum atomic E-state index is 9.49. The smallest absolute Gasteiger partial charge is 0.101 e. The highest BCUT2D eigenvalue weighted by Crippen LogP contribution is 2.06. The van der Waals surface area contributed by atoms with Crippen LogP contribution >= 0.6 is 0 Å². The van der Waals surface area contributed by atoms with E-state index in [0.29, 0.717) is 13.0 Å². The first-order valence-corrected chi connectivity index (χ1v) is 3.30. The van der Waals surface area contributed by atoms with Crippen molar-refractivity contribution < 1.29 is 9.84 Å². The van der Waals surface area contributed by atoms with E-state index in [1.807, 2.05) is 0 Å². The topological polar surface area (TPSA) is 81.5 Å². The zero-order valence-electron chi connectivity index (χ0n) is 6.34. The van der Waals surface area contributed by atoms with Gasteiger partial charge in [0.15, 0.2) is 0 Å². The van der Waals surface area contributed by atoms with E-state index in [0.717, 1.165) is 0 Å². The Bertz CT molecular complexity index is 81.8. The minimum absolute atomic E-state index is 0.192. The lowest BCUT2D eigenvalue weighted by Gasteiger charge is -2.24. The summed E-state index contributed by atoms with van der Waals surface area (Å²) < 4.78 is 4.76. The van der Waals surface area contributed by atoms with Gasteiger partial charge in [-0.1, -0.05) is 0 Å². The Morgan fingerprint density at radius 1 is 1.50 bits per heavy atom. The van der Waals surface area contributed by atoms with Crippen molar-refractivity contribution in [2.24, 2.45) is 11.5 Å². The molecule has 0 heterocycles. The number of hydrogen-bond donors (Lipinski definition) is 3. The summed E-state index contributed by atoms with van der Waals surface area (Å²) >= 11 is 0. The van der Waals surface area contributed by atoms with Crippen molar-refractivity contribution in [1.82, 2.24) is 0 Å². The SMILES string of the molecule is COCC(O)(CN)CCN. The first-order valence-electron chi connectivity index (χ1n) is 3.30. The van der Waals surface area contributed by atoms with Crippen molar-refractivity contribution in [1.29, 1.82) is 0 Å². The monoisotopic (exact) mass is 148 g/mol. The summed E-state index contributed by atoms with van der Waals surface area (Å²) in [6.45, 7) is 0.871. The third kappa shape index (κ3) is 3.12. The number of nitrogens with two attached hydrogens (primary N) is 2. The summed E-state index contributed by atoms with van der Waals surface area (Å²) in [5.74, 6) is 0. The normalized spacial score (nSPS) is 16.8. The summed E-state index contributed by atoms with van der Waals surface area (Å²) in [4.78, 5) is 0. The van der Waals surface area contributed by atoms with E-state index < -0.39 is 5.60 Å². The molecule has 0 saturated heterocycles. The van der Waals surface area contributed by atoms with E-state index in [1.54, 1.807) is 0 Å². The molecule has 0 bridgehead atoms. The highest BCUT2D eigenvalue weighted by Gasteiger charge is 2.23. The van der Waals surface area contributed by atoms with E-state index in [4.69, 9.17) is 16.2 Å². The van der Waals surface area contributed by atoms with Crippen molar-refractivity contribution in [2.75, 3.05) is 26.8 Å². The van der Waals surface area contributed by atoms with Gasteiger partial charge in [-0.2, -0.15) is 0 Å². The Balaban J connectivity index is 3.69. The molecule has 0 saturated carbocycles. The second-order valence-corrected chi connectivity index (χ2v) is 2.40. The number of hydrogen-bond acceptors (Lipinski definition) is 4. The number of aliphatic hydroxyl groups is 1. The number of rotatable bonds is 5. The molecule has 4 nitrogen and oxygen atoms in total. The largest absolute Gasteiger partial charge is 0.386 e. The van der Waals surface area contributed by atoms with Crippen LogP contribution in [0.5, 0.6) is 0 Å². The third-order valence-corrected chi connectivity index (χ3v) is 1.40. The Labute approximate surface area is 61.2 Å². The molecule has 0 spiro atoms. The van der Waals surface area contributed by atoms with Crippen LogP contribution in [0, 0.1) is 0 Å². The molecule has 0 aromatic rings. The van der Waals surface area contributed by atoms with Gasteiger partial charge in [-0.15, -0.1) is 0 Å². The van der Waals surface area contributed by atoms with Crippen LogP contribution in [0.15, 0.2) is 0 Å². The molecular formula is C6H16N2O2. The molecule has 0 aromatic heterocycles. The first kappa shape index (κ1) is 9.84. The van der Waals surface area contributed by atoms with Crippen LogP contribution in [-0.2, 0) is 4.74 Å². The summed E-state index contributed by atoms with van der Waals surface area (Å²) in [7, 11) is 1.52. The van der Waals surface area contributed by atoms with Crippen LogP contribution in [0.3, 0.4) is 0 Å². The molecule has 0 aliphatic rings. The predicted molar refractivity (Wildman–Crippen MR) is 39.6 cm³/mol. The molecule has 0 fully saturated rings. The quantitative estimate of drug-likeness (QED) is 0.451. The zero-order valence-corrected chi connectivity index (χ0v) is 6.34. The van der Waals surface area contributed by atoms with E-state index in [2.05, 4.69) is 0 Å². The molecule has 4 heteroatoms. The van der Waals surface area contributed by atoms with E-state index in [-0.39, 0.29) is 13.2 Å². The van der Waals surface area contributed by atoms with Crippen molar-refractivity contribution in [2.45, 2.75) is 12.0 Å². The maximum Gasteiger partial charge on any atom is 0.101 e. The van der Waals surface area contributed by atoms with Crippen LogP contribution in [0.1, 0.15) is 6.42 Å². The Hall–Kier alpha value is -0.160.